The monoisotopic (exact) mass is 283 g/mol. The fourth-order valence-electron chi connectivity index (χ4n) is 3.68. The Bertz CT molecular complexity index is 458. The van der Waals surface area contributed by atoms with E-state index in [1.807, 2.05) is 0 Å². The molecule has 1 heteroatoms. The van der Waals surface area contributed by atoms with Gasteiger partial charge in [-0.25, -0.2) is 0 Å². The summed E-state index contributed by atoms with van der Waals surface area (Å²) in [6.45, 7) is 4.45. The molecule has 0 spiro atoms. The molecule has 1 aliphatic rings. The molecule has 0 unspecified atom stereocenters. The topological polar surface area (TPSA) is 23.8 Å². The summed E-state index contributed by atoms with van der Waals surface area (Å²) in [4.78, 5) is 0. The van der Waals surface area contributed by atoms with Gasteiger partial charge in [-0.05, 0) is 55.6 Å². The maximum absolute atomic E-state index is 9.57. The van der Waals surface area contributed by atoms with Gasteiger partial charge in [-0.1, -0.05) is 57.4 Å². The molecule has 1 fully saturated rings. The molecule has 114 valence electrons. The van der Waals surface area contributed by atoms with Gasteiger partial charge in [-0.3, -0.25) is 0 Å². The molecule has 0 aromatic heterocycles. The predicted octanol–water partition coefficient (Wildman–Crippen LogP) is 6.00. The van der Waals surface area contributed by atoms with Crippen molar-refractivity contribution in [1.29, 1.82) is 5.26 Å². The maximum atomic E-state index is 9.57. The lowest BCUT2D eigenvalue weighted by molar-refractivity contribution is 0.224. The average Bonchev–Trinajstić information content (AvgIpc) is 2.55. The van der Waals surface area contributed by atoms with Crippen molar-refractivity contribution in [3.05, 3.63) is 35.4 Å². The molecule has 0 saturated heterocycles. The Balaban J connectivity index is 1.95. The SMILES string of the molecule is CCCCC1(C#N)CCC(c2ccc(CCC)cc2)CC1. The number of nitriles is 1. The van der Waals surface area contributed by atoms with Gasteiger partial charge in [-0.15, -0.1) is 0 Å². The second-order valence-electron chi connectivity index (χ2n) is 6.76. The van der Waals surface area contributed by atoms with Crippen molar-refractivity contribution in [3.63, 3.8) is 0 Å². The number of aryl methyl sites for hydroxylation is 1. The second-order valence-corrected chi connectivity index (χ2v) is 6.76. The van der Waals surface area contributed by atoms with E-state index < -0.39 is 0 Å². The van der Waals surface area contributed by atoms with E-state index >= 15 is 0 Å². The third-order valence-electron chi connectivity index (χ3n) is 5.18. The van der Waals surface area contributed by atoms with E-state index in [-0.39, 0.29) is 5.41 Å². The van der Waals surface area contributed by atoms with E-state index in [1.165, 1.54) is 49.7 Å². The molecule has 0 aliphatic heterocycles. The minimum absolute atomic E-state index is 0.0192. The number of benzene rings is 1. The molecule has 21 heavy (non-hydrogen) atoms. The number of nitrogens with zero attached hydrogens (tertiary/aromatic N) is 1. The summed E-state index contributed by atoms with van der Waals surface area (Å²) < 4.78 is 0. The van der Waals surface area contributed by atoms with Crippen LogP contribution in [-0.2, 0) is 6.42 Å². The molecule has 0 N–H and O–H groups in total. The third kappa shape index (κ3) is 4.10. The van der Waals surface area contributed by atoms with Crippen LogP contribution in [0, 0.1) is 16.7 Å². The van der Waals surface area contributed by atoms with Crippen molar-refractivity contribution < 1.29 is 0 Å². The van der Waals surface area contributed by atoms with Gasteiger partial charge in [-0.2, -0.15) is 5.26 Å². The summed E-state index contributed by atoms with van der Waals surface area (Å²) in [5.74, 6) is 0.670. The van der Waals surface area contributed by atoms with E-state index in [2.05, 4.69) is 44.2 Å². The first-order valence-electron chi connectivity index (χ1n) is 8.73. The van der Waals surface area contributed by atoms with Crippen LogP contribution in [0.1, 0.15) is 82.3 Å². The van der Waals surface area contributed by atoms with Crippen molar-refractivity contribution in [3.8, 4) is 6.07 Å². The molecule has 0 atom stereocenters. The van der Waals surface area contributed by atoms with Gasteiger partial charge in [0.05, 0.1) is 11.5 Å². The molecule has 0 radical (unpaired) electrons. The van der Waals surface area contributed by atoms with Crippen LogP contribution in [0.15, 0.2) is 24.3 Å². The molecule has 1 aromatic carbocycles. The van der Waals surface area contributed by atoms with E-state index in [9.17, 15) is 5.26 Å². The molecular weight excluding hydrogens is 254 g/mol. The largest absolute Gasteiger partial charge is 0.198 e. The third-order valence-corrected chi connectivity index (χ3v) is 5.18. The number of unbranched alkanes of at least 4 members (excludes halogenated alkanes) is 1. The van der Waals surface area contributed by atoms with Gasteiger partial charge < -0.3 is 0 Å². The Kier molecular flexibility index (Phi) is 5.85. The van der Waals surface area contributed by atoms with Gasteiger partial charge in [0, 0.05) is 0 Å². The van der Waals surface area contributed by atoms with Crippen LogP contribution in [0.2, 0.25) is 0 Å². The highest BCUT2D eigenvalue weighted by Gasteiger charge is 2.35. The van der Waals surface area contributed by atoms with Crippen LogP contribution in [0.4, 0.5) is 0 Å². The quantitative estimate of drug-likeness (QED) is 0.628. The van der Waals surface area contributed by atoms with Crippen molar-refractivity contribution in [2.24, 2.45) is 5.41 Å². The number of hydrogen-bond donors (Lipinski definition) is 0. The van der Waals surface area contributed by atoms with Crippen LogP contribution in [-0.4, -0.2) is 0 Å². The Morgan fingerprint density at radius 2 is 1.76 bits per heavy atom. The maximum Gasteiger partial charge on any atom is 0.0689 e. The molecule has 0 bridgehead atoms. The lowest BCUT2D eigenvalue weighted by atomic mass is 9.67. The predicted molar refractivity (Wildman–Crippen MR) is 89.2 cm³/mol. The molecule has 2 rings (SSSR count). The van der Waals surface area contributed by atoms with Gasteiger partial charge in [0.15, 0.2) is 0 Å². The van der Waals surface area contributed by atoms with Gasteiger partial charge in [0.2, 0.25) is 0 Å². The average molecular weight is 283 g/mol. The number of rotatable bonds is 6. The molecular formula is C20H29N. The summed E-state index contributed by atoms with van der Waals surface area (Å²) in [6, 6.07) is 11.9. The van der Waals surface area contributed by atoms with Gasteiger partial charge in [0.25, 0.3) is 0 Å². The van der Waals surface area contributed by atoms with Crippen molar-refractivity contribution in [1.82, 2.24) is 0 Å². The summed E-state index contributed by atoms with van der Waals surface area (Å²) in [5.41, 5.74) is 2.91. The van der Waals surface area contributed by atoms with Crippen LogP contribution < -0.4 is 0 Å². The highest BCUT2D eigenvalue weighted by molar-refractivity contribution is 5.26. The highest BCUT2D eigenvalue weighted by atomic mass is 14.4. The Labute approximate surface area is 130 Å². The van der Waals surface area contributed by atoms with Gasteiger partial charge in [0.1, 0.15) is 0 Å². The van der Waals surface area contributed by atoms with Crippen molar-refractivity contribution >= 4 is 0 Å². The molecule has 1 saturated carbocycles. The molecule has 1 aromatic rings. The highest BCUT2D eigenvalue weighted by Crippen LogP contribution is 2.45. The van der Waals surface area contributed by atoms with Crippen molar-refractivity contribution in [2.75, 3.05) is 0 Å². The minimum Gasteiger partial charge on any atom is -0.198 e. The Morgan fingerprint density at radius 3 is 2.29 bits per heavy atom. The zero-order valence-corrected chi connectivity index (χ0v) is 13.7. The second kappa shape index (κ2) is 7.64. The first-order valence-corrected chi connectivity index (χ1v) is 8.73. The Hall–Kier alpha value is -1.29. The molecule has 0 heterocycles. The van der Waals surface area contributed by atoms with Crippen molar-refractivity contribution in [2.45, 2.75) is 77.6 Å². The van der Waals surface area contributed by atoms with Crippen LogP contribution in [0.25, 0.3) is 0 Å². The van der Waals surface area contributed by atoms with Crippen LogP contribution >= 0.6 is 0 Å². The lowest BCUT2D eigenvalue weighted by Crippen LogP contribution is -2.25. The van der Waals surface area contributed by atoms with E-state index in [0.29, 0.717) is 5.92 Å². The van der Waals surface area contributed by atoms with Crippen LogP contribution in [0.3, 0.4) is 0 Å². The zero-order valence-electron chi connectivity index (χ0n) is 13.7. The fraction of sp³-hybridized carbons (Fsp3) is 0.650. The first-order chi connectivity index (χ1) is 10.2. The smallest absolute Gasteiger partial charge is 0.0689 e. The molecule has 0 amide bonds. The van der Waals surface area contributed by atoms with Gasteiger partial charge >= 0.3 is 0 Å². The van der Waals surface area contributed by atoms with Crippen LogP contribution in [0.5, 0.6) is 0 Å². The Morgan fingerprint density at radius 1 is 1.10 bits per heavy atom. The van der Waals surface area contributed by atoms with E-state index in [0.717, 1.165) is 19.3 Å². The summed E-state index contributed by atoms with van der Waals surface area (Å²) in [6.07, 6.45) is 10.4. The minimum atomic E-state index is -0.0192. The first kappa shape index (κ1) is 16.1. The number of hydrogen-bond acceptors (Lipinski definition) is 1. The van der Waals surface area contributed by atoms with E-state index in [1.54, 1.807) is 0 Å². The summed E-state index contributed by atoms with van der Waals surface area (Å²) in [7, 11) is 0. The van der Waals surface area contributed by atoms with E-state index in [4.69, 9.17) is 0 Å². The summed E-state index contributed by atoms with van der Waals surface area (Å²) >= 11 is 0. The zero-order chi connectivity index (χ0) is 15.1. The molecule has 1 nitrogen and oxygen atoms in total. The lowest BCUT2D eigenvalue weighted by Gasteiger charge is -2.35. The molecule has 1 aliphatic carbocycles. The summed E-state index contributed by atoms with van der Waals surface area (Å²) in [5, 5.41) is 9.57. The fourth-order valence-corrected chi connectivity index (χ4v) is 3.68. The normalized spacial score (nSPS) is 25.5. The standard InChI is InChI=1S/C20H29N/c1-3-5-13-20(16-21)14-11-19(12-15-20)18-9-7-17(6-4-2)8-10-18/h7-10,19H,3-6,11-15H2,1-2H3.